The lowest BCUT2D eigenvalue weighted by atomic mass is 9.54. The maximum atomic E-state index is 16.5. The van der Waals surface area contributed by atoms with Crippen molar-refractivity contribution in [2.75, 3.05) is 40.9 Å². The molecule has 1 saturated heterocycles. The lowest BCUT2D eigenvalue weighted by Crippen LogP contribution is -2.60. The number of phenolic OH excluding ortho intramolecular Hbond substituents is 1. The Morgan fingerprint density at radius 1 is 0.658 bits per heavy atom. The Morgan fingerprint density at radius 3 is 1.87 bits per heavy atom. The Balaban J connectivity index is 0.950. The number of carbonyl (C=O) groups is 8. The van der Waals surface area contributed by atoms with Crippen LogP contribution in [-0.4, -0.2) is 208 Å². The maximum absolute atomic E-state index is 16.5. The number of carbonyl (C=O) groups excluding carboxylic acids is 8. The van der Waals surface area contributed by atoms with E-state index in [2.05, 4.69) is 42.5 Å². The molecule has 0 radical (unpaired) electrons. The zero-order valence-electron chi connectivity index (χ0n) is 63.7. The summed E-state index contributed by atoms with van der Waals surface area (Å²) in [4.78, 5) is 126. The van der Waals surface area contributed by atoms with Crippen molar-refractivity contribution < 1.29 is 116 Å². The maximum Gasteiger partial charge on any atom is 0.264 e. The highest BCUT2D eigenvalue weighted by Crippen LogP contribution is 2.56. The van der Waals surface area contributed by atoms with Crippen LogP contribution in [0.5, 0.6) is 40.2 Å². The minimum Gasteiger partial charge on any atom is -0.508 e. The minimum absolute atomic E-state index is 0.0686. The fourth-order valence-corrected chi connectivity index (χ4v) is 18.7. The van der Waals surface area contributed by atoms with Crippen LogP contribution < -0.4 is 66.2 Å². The molecule has 5 aliphatic carbocycles. The van der Waals surface area contributed by atoms with Gasteiger partial charge in [0.1, 0.15) is 102 Å². The van der Waals surface area contributed by atoms with Crippen LogP contribution in [0.1, 0.15) is 128 Å². The van der Waals surface area contributed by atoms with E-state index in [-0.39, 0.29) is 93.0 Å². The number of rotatable bonds is 18. The molecular formula is C80H90Cl2N10O24S. The second kappa shape index (κ2) is 33.5. The van der Waals surface area contributed by atoms with Crippen LogP contribution in [0, 0.1) is 29.6 Å². The summed E-state index contributed by atoms with van der Waals surface area (Å²) >= 11 is 14.3. The summed E-state index contributed by atoms with van der Waals surface area (Å²) in [5.41, 5.74) is -2.33. The third-order valence-electron chi connectivity index (χ3n) is 22.9. The second-order valence-electron chi connectivity index (χ2n) is 31.7. The molecule has 5 fully saturated rings. The van der Waals surface area contributed by atoms with E-state index in [0.717, 1.165) is 86.7 Å². The summed E-state index contributed by atoms with van der Waals surface area (Å²) in [6, 6.07) is 4.91. The quantitative estimate of drug-likeness (QED) is 0.0545. The van der Waals surface area contributed by atoms with E-state index in [4.69, 9.17) is 46.9 Å². The van der Waals surface area contributed by atoms with Crippen molar-refractivity contribution in [1.29, 1.82) is 0 Å². The molecule has 37 heteroatoms. The number of fused-ring (bicyclic) bond motifs is 12. The Morgan fingerprint density at radius 2 is 1.26 bits per heavy atom. The summed E-state index contributed by atoms with van der Waals surface area (Å²) in [6.45, 7) is 3.34. The monoisotopic (exact) mass is 1680 g/mol. The first kappa shape index (κ1) is 83.7. The number of hydrogen-bond acceptors (Lipinski definition) is 26. The molecule has 117 heavy (non-hydrogen) atoms. The minimum atomic E-state index is -4.90. The summed E-state index contributed by atoms with van der Waals surface area (Å²) in [6.07, 6.45) is -11.1. The van der Waals surface area contributed by atoms with Crippen molar-refractivity contribution in [2.45, 2.75) is 161 Å². The van der Waals surface area contributed by atoms with Crippen LogP contribution in [0.15, 0.2) is 108 Å². The van der Waals surface area contributed by atoms with Gasteiger partial charge in [-0.1, -0.05) is 61.3 Å². The van der Waals surface area contributed by atoms with Gasteiger partial charge in [0.05, 0.1) is 34.0 Å². The molecule has 6 heterocycles. The van der Waals surface area contributed by atoms with Crippen LogP contribution in [-0.2, 0) is 58.9 Å². The molecule has 34 nitrogen and oxygen atoms in total. The molecule has 4 saturated carbocycles. The second-order valence-corrected chi connectivity index (χ2v) is 34.2. The largest absolute Gasteiger partial charge is 0.508 e. The third-order valence-corrected chi connectivity index (χ3v) is 24.9. The Labute approximate surface area is 680 Å². The van der Waals surface area contributed by atoms with Gasteiger partial charge in [0.25, 0.3) is 10.0 Å². The van der Waals surface area contributed by atoms with E-state index >= 15 is 28.8 Å². The number of hydrogen-bond donors (Lipinski definition) is 18. The van der Waals surface area contributed by atoms with Gasteiger partial charge in [-0.15, -0.1) is 0 Å². The fraction of sp³-hybridized carbons (Fsp3) is 0.450. The first-order chi connectivity index (χ1) is 55.6. The van der Waals surface area contributed by atoms with Crippen molar-refractivity contribution in [3.63, 3.8) is 0 Å². The summed E-state index contributed by atoms with van der Waals surface area (Å²) in [5, 5.41) is 126. The zero-order valence-corrected chi connectivity index (χ0v) is 66.0. The number of ether oxygens (including phenoxy) is 5. The molecule has 8 amide bonds. The summed E-state index contributed by atoms with van der Waals surface area (Å²) < 4.78 is 61.5. The molecule has 0 spiro atoms. The highest BCUT2D eigenvalue weighted by atomic mass is 35.5. The number of aliphatic hydroxyl groups excluding tert-OH is 6. The van der Waals surface area contributed by atoms with Gasteiger partial charge >= 0.3 is 0 Å². The first-order valence-corrected chi connectivity index (χ1v) is 40.5. The number of benzene rings is 6. The SMILES string of the molecule is CNC(CC(C)C)C(=O)NC1C(=O)NC(CC(=O)NS(=O)(=O)c2ccc(OCCN(C)C)cc2)C(=O)NC2C(=O)NC3C(=O)NC(C(=O)N[C@H](C(=O)NC4C5CC6CC(C5)CC4C6)c4cc(O)cc5c4-c4cc3ccc4C5(O)O)C(O)c3ccc(c(Cl)c3)Oc3cc2cc(c3OC2OC(CO)C(O)C(O)C2O)Oc2ccc(cc2Cl)C1O. The topological polar surface area (TPSA) is 510 Å². The van der Waals surface area contributed by atoms with Crippen LogP contribution in [0.2, 0.25) is 10.0 Å². The van der Waals surface area contributed by atoms with Gasteiger partial charge in [-0.05, 0) is 207 Å². The molecule has 17 rings (SSSR count). The van der Waals surface area contributed by atoms with Crippen LogP contribution in [0.4, 0.5) is 0 Å². The summed E-state index contributed by atoms with van der Waals surface area (Å²) in [5.74, 6) is -15.4. The molecule has 6 aliphatic heterocycles. The predicted octanol–water partition coefficient (Wildman–Crippen LogP) is 1.77. The zero-order chi connectivity index (χ0) is 83.7. The van der Waals surface area contributed by atoms with E-state index in [1.165, 1.54) is 55.6 Å². The standard InChI is InChI=1S/C80H90Cl2N10O24S/c1-33(2)18-51(83-3)72(101)89-64-66(96)37-7-14-53(49(81)25-37)113-55-27-41-28-56(71(55)116-79-70(100)69(99)68(98)57(32-93)115-79)114-54-15-8-38(26-50(54)82)67(97)65-78(107)88-63(76(105)85-60-39-20-34-19-35(22-39)23-40(60)21-34)46-29-42(94)30-48-59(46)45-24-36(6-13-47(45)80(48,108)109)61(74(103)90-65)87-75(104)62(41)86-73(102)52(84-77(64)106)31-58(95)91-117(110,111)44-11-9-43(10-12-44)112-17-16-92(4)5/h6-15,24-30,33-35,39-40,51-52,57,60-70,79,83,93-94,96-100,108-109H,16-23,31-32H2,1-5H3,(H,84,106)(H,85,105)(H,86,102)(H,87,104)(H,88,107)(H,89,101)(H,90,103)(H,91,95)/t34?,35?,39?,40?,51?,52?,57?,60?,61?,62?,63-,64?,65?,66?,67?,68?,69?,70?,79?/m0/s1. The van der Waals surface area contributed by atoms with Gasteiger partial charge in [0.2, 0.25) is 65.1 Å². The van der Waals surface area contributed by atoms with Gasteiger partial charge in [-0.2, -0.15) is 0 Å². The van der Waals surface area contributed by atoms with Crippen LogP contribution >= 0.6 is 23.2 Å². The van der Waals surface area contributed by atoms with Crippen molar-refractivity contribution >= 4 is 80.5 Å². The third kappa shape index (κ3) is 17.0. The number of aromatic hydroxyl groups is 1. The predicted molar refractivity (Wildman–Crippen MR) is 413 cm³/mol. The lowest BCUT2D eigenvalue weighted by molar-refractivity contribution is -0.277. The molecule has 18 N–H and O–H groups in total. The number of sulfonamides is 1. The normalized spacial score (nSPS) is 28.6. The number of aliphatic hydroxyl groups is 8. The van der Waals surface area contributed by atoms with E-state index in [1.54, 1.807) is 13.8 Å². The van der Waals surface area contributed by atoms with E-state index in [1.807, 2.05) is 23.7 Å². The number of nitrogens with one attached hydrogen (secondary N) is 9. The molecule has 6 aromatic rings. The van der Waals surface area contributed by atoms with Gasteiger partial charge < -0.3 is 117 Å². The average Bonchev–Trinajstić information content (AvgIpc) is 1.56. The van der Waals surface area contributed by atoms with Crippen molar-refractivity contribution in [3.8, 4) is 51.4 Å². The average molecular weight is 1680 g/mol. The van der Waals surface area contributed by atoms with Crippen LogP contribution in [0.25, 0.3) is 11.1 Å². The number of halogens is 2. The molecular weight excluding hydrogens is 1590 g/mol. The van der Waals surface area contributed by atoms with Gasteiger partial charge in [-0.25, -0.2) is 13.1 Å². The highest BCUT2D eigenvalue weighted by Gasteiger charge is 2.52. The lowest BCUT2D eigenvalue weighted by Gasteiger charge is -2.54. The van der Waals surface area contributed by atoms with E-state index in [9.17, 15) is 64.0 Å². The smallest absolute Gasteiger partial charge is 0.264 e. The van der Waals surface area contributed by atoms with E-state index in [0.29, 0.717) is 18.4 Å². The Kier molecular flexibility index (Phi) is 24.0. The number of likely N-dealkylation sites (N-methyl/N-ethyl adjacent to an activating group) is 2. The molecule has 13 unspecified atom stereocenters. The van der Waals surface area contributed by atoms with Crippen LogP contribution in [0.3, 0.4) is 0 Å². The molecule has 14 atom stereocenters. The van der Waals surface area contributed by atoms with Crippen molar-refractivity contribution in [3.05, 3.63) is 152 Å². The molecule has 15 bridgehead atoms. The van der Waals surface area contributed by atoms with Crippen molar-refractivity contribution in [2.24, 2.45) is 29.6 Å². The molecule has 11 aliphatic rings. The Hall–Kier alpha value is -9.83. The van der Waals surface area contributed by atoms with Crippen molar-refractivity contribution in [1.82, 2.24) is 52.2 Å². The van der Waals surface area contributed by atoms with Gasteiger partial charge in [0, 0.05) is 23.7 Å². The summed E-state index contributed by atoms with van der Waals surface area (Å²) in [7, 11) is 0.185. The number of amides is 8. The fourth-order valence-electron chi connectivity index (χ4n) is 17.2. The van der Waals surface area contributed by atoms with Gasteiger partial charge in [0.15, 0.2) is 11.5 Å². The number of phenols is 1. The molecule has 0 aromatic heterocycles. The Bertz CT molecular complexity index is 5010. The molecule has 6 aromatic carbocycles. The van der Waals surface area contributed by atoms with E-state index < -0.39 is 210 Å². The first-order valence-electron chi connectivity index (χ1n) is 38.2. The highest BCUT2D eigenvalue weighted by molar-refractivity contribution is 7.90. The van der Waals surface area contributed by atoms with Gasteiger partial charge in [-0.3, -0.25) is 38.4 Å². The molecule has 624 valence electrons. The number of nitrogens with zero attached hydrogens (tertiary/aromatic N) is 1.